The standard InChI is InChI=1S/C19H29NO4/c1-18(2,3)14-10-8-13(9-11-14)12-15(16(21)22)20(7)17(23)24-19(4,5)6/h8-11,15H,12H2,1-7H3,(H,21,22). The van der Waals surface area contributed by atoms with Crippen molar-refractivity contribution in [1.29, 1.82) is 0 Å². The summed E-state index contributed by atoms with van der Waals surface area (Å²) in [7, 11) is 1.45. The van der Waals surface area contributed by atoms with Crippen LogP contribution in [0.4, 0.5) is 4.79 Å². The van der Waals surface area contributed by atoms with E-state index in [0.29, 0.717) is 0 Å². The molecule has 1 aromatic rings. The predicted octanol–water partition coefficient (Wildman–Crippen LogP) is 3.85. The number of likely N-dealkylation sites (N-methyl/N-ethyl adjacent to an activating group) is 1. The lowest BCUT2D eigenvalue weighted by molar-refractivity contribution is -0.142. The highest BCUT2D eigenvalue weighted by atomic mass is 16.6. The highest BCUT2D eigenvalue weighted by Gasteiger charge is 2.30. The molecule has 1 aromatic carbocycles. The van der Waals surface area contributed by atoms with Crippen LogP contribution in [-0.2, 0) is 21.4 Å². The number of hydrogen-bond donors (Lipinski definition) is 1. The fraction of sp³-hybridized carbons (Fsp3) is 0.579. The van der Waals surface area contributed by atoms with E-state index in [1.165, 1.54) is 12.6 Å². The molecule has 1 rings (SSSR count). The molecular weight excluding hydrogens is 306 g/mol. The molecule has 0 aliphatic carbocycles. The maximum absolute atomic E-state index is 12.1. The molecule has 0 aliphatic heterocycles. The number of carboxylic acid groups (broad SMARTS) is 1. The Balaban J connectivity index is 2.90. The first-order valence-corrected chi connectivity index (χ1v) is 8.09. The van der Waals surface area contributed by atoms with Crippen molar-refractivity contribution in [2.75, 3.05) is 7.05 Å². The van der Waals surface area contributed by atoms with Gasteiger partial charge in [-0.1, -0.05) is 45.0 Å². The number of aliphatic carboxylic acids is 1. The minimum Gasteiger partial charge on any atom is -0.480 e. The van der Waals surface area contributed by atoms with E-state index in [-0.39, 0.29) is 11.8 Å². The molecule has 1 N–H and O–H groups in total. The van der Waals surface area contributed by atoms with Crippen LogP contribution in [0.3, 0.4) is 0 Å². The first-order valence-electron chi connectivity index (χ1n) is 8.09. The maximum Gasteiger partial charge on any atom is 0.410 e. The largest absolute Gasteiger partial charge is 0.480 e. The summed E-state index contributed by atoms with van der Waals surface area (Å²) in [4.78, 5) is 24.9. The normalized spacial score (nSPS) is 13.3. The summed E-state index contributed by atoms with van der Waals surface area (Å²) in [5, 5.41) is 9.49. The number of carbonyl (C=O) groups is 2. The van der Waals surface area contributed by atoms with Gasteiger partial charge in [-0.05, 0) is 37.3 Å². The predicted molar refractivity (Wildman–Crippen MR) is 94.3 cm³/mol. The summed E-state index contributed by atoms with van der Waals surface area (Å²) >= 11 is 0. The number of carboxylic acids is 1. The van der Waals surface area contributed by atoms with Crippen molar-refractivity contribution in [2.45, 2.75) is 65.0 Å². The van der Waals surface area contributed by atoms with Crippen LogP contribution in [0.5, 0.6) is 0 Å². The van der Waals surface area contributed by atoms with Crippen LogP contribution in [0.25, 0.3) is 0 Å². The third-order valence-corrected chi connectivity index (χ3v) is 3.68. The molecule has 5 heteroatoms. The third-order valence-electron chi connectivity index (χ3n) is 3.68. The molecule has 0 spiro atoms. The van der Waals surface area contributed by atoms with E-state index in [9.17, 15) is 14.7 Å². The van der Waals surface area contributed by atoms with Crippen molar-refractivity contribution < 1.29 is 19.4 Å². The van der Waals surface area contributed by atoms with Gasteiger partial charge in [0.25, 0.3) is 0 Å². The third kappa shape index (κ3) is 5.87. The molecule has 0 aromatic heterocycles. The van der Waals surface area contributed by atoms with Crippen molar-refractivity contribution >= 4 is 12.1 Å². The quantitative estimate of drug-likeness (QED) is 0.907. The molecule has 0 aliphatic rings. The zero-order valence-corrected chi connectivity index (χ0v) is 15.7. The van der Waals surface area contributed by atoms with Crippen LogP contribution < -0.4 is 0 Å². The van der Waals surface area contributed by atoms with E-state index in [4.69, 9.17) is 4.74 Å². The zero-order chi connectivity index (χ0) is 18.7. The number of benzene rings is 1. The van der Waals surface area contributed by atoms with Crippen LogP contribution in [-0.4, -0.2) is 40.8 Å². The van der Waals surface area contributed by atoms with Crippen LogP contribution in [0.2, 0.25) is 0 Å². The van der Waals surface area contributed by atoms with E-state index >= 15 is 0 Å². The molecule has 0 fully saturated rings. The van der Waals surface area contributed by atoms with Gasteiger partial charge in [0.15, 0.2) is 0 Å². The topological polar surface area (TPSA) is 66.8 Å². The Hall–Kier alpha value is -2.04. The van der Waals surface area contributed by atoms with E-state index in [1.54, 1.807) is 20.8 Å². The Morgan fingerprint density at radius 2 is 1.58 bits per heavy atom. The first-order chi connectivity index (χ1) is 10.8. The van der Waals surface area contributed by atoms with Crippen LogP contribution in [0.15, 0.2) is 24.3 Å². The van der Waals surface area contributed by atoms with Crippen molar-refractivity contribution in [2.24, 2.45) is 0 Å². The maximum atomic E-state index is 12.1. The van der Waals surface area contributed by atoms with Crippen LogP contribution in [0.1, 0.15) is 52.7 Å². The number of amides is 1. The van der Waals surface area contributed by atoms with Gasteiger partial charge in [0.2, 0.25) is 0 Å². The second kappa shape index (κ2) is 7.24. The molecule has 0 saturated carbocycles. The lowest BCUT2D eigenvalue weighted by Crippen LogP contribution is -2.46. The lowest BCUT2D eigenvalue weighted by Gasteiger charge is -2.28. The smallest absolute Gasteiger partial charge is 0.410 e. The molecule has 1 unspecified atom stereocenters. The molecule has 134 valence electrons. The summed E-state index contributed by atoms with van der Waals surface area (Å²) in [5.41, 5.74) is 1.42. The molecule has 1 amide bonds. The van der Waals surface area contributed by atoms with Gasteiger partial charge in [0.05, 0.1) is 0 Å². The fourth-order valence-corrected chi connectivity index (χ4v) is 2.22. The number of nitrogens with zero attached hydrogens (tertiary/aromatic N) is 1. The molecule has 5 nitrogen and oxygen atoms in total. The minimum atomic E-state index is -1.05. The molecular formula is C19H29NO4. The molecule has 1 atom stereocenters. The molecule has 0 radical (unpaired) electrons. The summed E-state index contributed by atoms with van der Waals surface area (Å²) in [5.74, 6) is -1.05. The Labute approximate surface area is 144 Å². The summed E-state index contributed by atoms with van der Waals surface area (Å²) in [6.07, 6.45) is -0.406. The van der Waals surface area contributed by atoms with Gasteiger partial charge in [-0.2, -0.15) is 0 Å². The Bertz CT molecular complexity index is 579. The van der Waals surface area contributed by atoms with Gasteiger partial charge in [0.1, 0.15) is 11.6 Å². The number of rotatable bonds is 4. The highest BCUT2D eigenvalue weighted by molar-refractivity contribution is 5.80. The van der Waals surface area contributed by atoms with Gasteiger partial charge in [-0.15, -0.1) is 0 Å². The van der Waals surface area contributed by atoms with Gasteiger partial charge in [-0.3, -0.25) is 4.90 Å². The molecule has 0 heterocycles. The van der Waals surface area contributed by atoms with Crippen LogP contribution >= 0.6 is 0 Å². The number of hydrogen-bond acceptors (Lipinski definition) is 3. The minimum absolute atomic E-state index is 0.0397. The van der Waals surface area contributed by atoms with E-state index in [2.05, 4.69) is 20.8 Å². The highest BCUT2D eigenvalue weighted by Crippen LogP contribution is 2.23. The second-order valence-electron chi connectivity index (χ2n) is 8.10. The number of ether oxygens (including phenoxy) is 1. The summed E-state index contributed by atoms with van der Waals surface area (Å²) in [6.45, 7) is 11.6. The van der Waals surface area contributed by atoms with Crippen LogP contribution in [0, 0.1) is 0 Å². The van der Waals surface area contributed by atoms with E-state index < -0.39 is 23.7 Å². The van der Waals surface area contributed by atoms with Crippen molar-refractivity contribution in [1.82, 2.24) is 4.90 Å². The molecule has 0 bridgehead atoms. The van der Waals surface area contributed by atoms with Crippen molar-refractivity contribution in [3.8, 4) is 0 Å². The van der Waals surface area contributed by atoms with Gasteiger partial charge in [0, 0.05) is 13.5 Å². The Kier molecular flexibility index (Phi) is 6.04. The molecule has 0 saturated heterocycles. The van der Waals surface area contributed by atoms with Gasteiger partial charge < -0.3 is 9.84 Å². The monoisotopic (exact) mass is 335 g/mol. The van der Waals surface area contributed by atoms with Crippen molar-refractivity contribution in [3.05, 3.63) is 35.4 Å². The van der Waals surface area contributed by atoms with Crippen molar-refractivity contribution in [3.63, 3.8) is 0 Å². The Morgan fingerprint density at radius 3 is 1.96 bits per heavy atom. The average Bonchev–Trinajstić information content (AvgIpc) is 2.41. The van der Waals surface area contributed by atoms with E-state index in [0.717, 1.165) is 10.5 Å². The SMILES string of the molecule is CN(C(=O)OC(C)(C)C)C(Cc1ccc(C(C)(C)C)cc1)C(=O)O. The summed E-state index contributed by atoms with van der Waals surface area (Å²) < 4.78 is 5.26. The van der Waals surface area contributed by atoms with E-state index in [1.807, 2.05) is 24.3 Å². The number of carbonyl (C=O) groups excluding carboxylic acids is 1. The zero-order valence-electron chi connectivity index (χ0n) is 15.7. The lowest BCUT2D eigenvalue weighted by atomic mass is 9.86. The van der Waals surface area contributed by atoms with Gasteiger partial charge in [-0.25, -0.2) is 9.59 Å². The Morgan fingerprint density at radius 1 is 1.08 bits per heavy atom. The van der Waals surface area contributed by atoms with Gasteiger partial charge >= 0.3 is 12.1 Å². The second-order valence-corrected chi connectivity index (χ2v) is 8.10. The molecule has 24 heavy (non-hydrogen) atoms. The average molecular weight is 335 g/mol. The summed E-state index contributed by atoms with van der Waals surface area (Å²) in [6, 6.07) is 6.86. The first kappa shape index (κ1) is 20.0. The fourth-order valence-electron chi connectivity index (χ4n) is 2.22.